The van der Waals surface area contributed by atoms with E-state index in [0.29, 0.717) is 11.1 Å². The molecule has 20 heavy (non-hydrogen) atoms. The van der Waals surface area contributed by atoms with E-state index in [0.717, 1.165) is 0 Å². The SMILES string of the molecule is Cn1c(-c2ccc(C(N)=O)cc2)nc([N+](=O)[O-])c1C#N. The van der Waals surface area contributed by atoms with Gasteiger partial charge in [-0.2, -0.15) is 5.26 Å². The van der Waals surface area contributed by atoms with Gasteiger partial charge in [0, 0.05) is 18.2 Å². The summed E-state index contributed by atoms with van der Waals surface area (Å²) in [6.07, 6.45) is 0. The number of amides is 1. The second-order valence-corrected chi connectivity index (χ2v) is 3.98. The zero-order valence-corrected chi connectivity index (χ0v) is 10.4. The van der Waals surface area contributed by atoms with Gasteiger partial charge in [-0.25, -0.2) is 0 Å². The highest BCUT2D eigenvalue weighted by Crippen LogP contribution is 2.25. The lowest BCUT2D eigenvalue weighted by atomic mass is 10.1. The summed E-state index contributed by atoms with van der Waals surface area (Å²) >= 11 is 0. The second kappa shape index (κ2) is 4.81. The van der Waals surface area contributed by atoms with E-state index in [4.69, 9.17) is 11.0 Å². The molecule has 0 atom stereocenters. The summed E-state index contributed by atoms with van der Waals surface area (Å²) in [6.45, 7) is 0. The van der Waals surface area contributed by atoms with Gasteiger partial charge >= 0.3 is 5.82 Å². The van der Waals surface area contributed by atoms with Crippen LogP contribution < -0.4 is 5.73 Å². The van der Waals surface area contributed by atoms with Gasteiger partial charge in [-0.3, -0.25) is 9.36 Å². The molecule has 0 aliphatic heterocycles. The standard InChI is InChI=1S/C12H9N5O3/c1-16-9(6-13)12(17(19)20)15-11(16)8-4-2-7(3-5-8)10(14)18/h2-5H,1H3,(H2,14,18). The number of carbonyl (C=O) groups is 1. The average molecular weight is 271 g/mol. The molecule has 1 aromatic carbocycles. The molecule has 0 bridgehead atoms. The normalized spacial score (nSPS) is 10.0. The van der Waals surface area contributed by atoms with Gasteiger partial charge in [-0.05, 0) is 34.2 Å². The number of nitrogens with zero attached hydrogens (tertiary/aromatic N) is 4. The number of benzene rings is 1. The fourth-order valence-corrected chi connectivity index (χ4v) is 1.78. The van der Waals surface area contributed by atoms with Crippen molar-refractivity contribution in [3.05, 3.63) is 45.6 Å². The number of hydrogen-bond donors (Lipinski definition) is 1. The van der Waals surface area contributed by atoms with Gasteiger partial charge in [-0.15, -0.1) is 0 Å². The predicted molar refractivity (Wildman–Crippen MR) is 68.5 cm³/mol. The molecular formula is C12H9N5O3. The van der Waals surface area contributed by atoms with Crippen LogP contribution in [0, 0.1) is 21.4 Å². The Hall–Kier alpha value is -3.21. The van der Waals surface area contributed by atoms with Crippen molar-refractivity contribution in [2.24, 2.45) is 12.8 Å². The third-order valence-corrected chi connectivity index (χ3v) is 2.78. The van der Waals surface area contributed by atoms with Crippen molar-refractivity contribution in [2.75, 3.05) is 0 Å². The van der Waals surface area contributed by atoms with E-state index in [1.54, 1.807) is 18.2 Å². The Balaban J connectivity index is 2.56. The van der Waals surface area contributed by atoms with Gasteiger partial charge in [0.05, 0.1) is 0 Å². The maximum atomic E-state index is 11.0. The number of primary amides is 1. The molecule has 0 unspecified atom stereocenters. The first-order chi connectivity index (χ1) is 9.45. The van der Waals surface area contributed by atoms with Crippen molar-refractivity contribution in [1.29, 1.82) is 5.26 Å². The third-order valence-electron chi connectivity index (χ3n) is 2.78. The lowest BCUT2D eigenvalue weighted by molar-refractivity contribution is -0.389. The highest BCUT2D eigenvalue weighted by Gasteiger charge is 2.26. The maximum Gasteiger partial charge on any atom is 0.400 e. The topological polar surface area (TPSA) is 128 Å². The number of aromatic nitrogens is 2. The molecule has 2 rings (SSSR count). The second-order valence-electron chi connectivity index (χ2n) is 3.98. The van der Waals surface area contributed by atoms with Crippen LogP contribution in [0.5, 0.6) is 0 Å². The van der Waals surface area contributed by atoms with Crippen LogP contribution in [0.4, 0.5) is 5.82 Å². The van der Waals surface area contributed by atoms with E-state index in [-0.39, 0.29) is 11.5 Å². The zero-order valence-electron chi connectivity index (χ0n) is 10.4. The molecule has 0 aliphatic carbocycles. The maximum absolute atomic E-state index is 11.0. The van der Waals surface area contributed by atoms with Gasteiger partial charge in [0.1, 0.15) is 6.07 Å². The molecule has 0 saturated carbocycles. The molecule has 1 amide bonds. The van der Waals surface area contributed by atoms with Crippen LogP contribution in [-0.2, 0) is 7.05 Å². The van der Waals surface area contributed by atoms with E-state index in [1.165, 1.54) is 23.7 Å². The fraction of sp³-hybridized carbons (Fsp3) is 0.0833. The Morgan fingerprint density at radius 1 is 1.45 bits per heavy atom. The van der Waals surface area contributed by atoms with Gasteiger partial charge in [0.25, 0.3) is 5.82 Å². The molecule has 0 fully saturated rings. The largest absolute Gasteiger partial charge is 0.400 e. The van der Waals surface area contributed by atoms with Crippen LogP contribution >= 0.6 is 0 Å². The minimum absolute atomic E-state index is 0.135. The number of hydrogen-bond acceptors (Lipinski definition) is 5. The summed E-state index contributed by atoms with van der Waals surface area (Å²) in [5.74, 6) is -0.798. The van der Waals surface area contributed by atoms with Crippen molar-refractivity contribution in [2.45, 2.75) is 0 Å². The van der Waals surface area contributed by atoms with E-state index in [2.05, 4.69) is 4.98 Å². The molecule has 8 heteroatoms. The third kappa shape index (κ3) is 2.08. The number of rotatable bonds is 3. The molecule has 100 valence electrons. The molecule has 0 saturated heterocycles. The highest BCUT2D eigenvalue weighted by atomic mass is 16.6. The van der Waals surface area contributed by atoms with E-state index in [9.17, 15) is 14.9 Å². The molecule has 1 aromatic heterocycles. The average Bonchev–Trinajstić information content (AvgIpc) is 2.76. The summed E-state index contributed by atoms with van der Waals surface area (Å²) < 4.78 is 1.33. The summed E-state index contributed by atoms with van der Waals surface area (Å²) in [5, 5.41) is 19.8. The van der Waals surface area contributed by atoms with Gasteiger partial charge in [0.2, 0.25) is 11.6 Å². The van der Waals surface area contributed by atoms with Crippen LogP contribution in [0.2, 0.25) is 0 Å². The summed E-state index contributed by atoms with van der Waals surface area (Å²) in [4.78, 5) is 25.0. The molecule has 2 aromatic rings. The first kappa shape index (κ1) is 13.2. The Bertz CT molecular complexity index is 740. The van der Waals surface area contributed by atoms with Crippen LogP contribution in [0.15, 0.2) is 24.3 Å². The van der Waals surface area contributed by atoms with Crippen molar-refractivity contribution < 1.29 is 9.72 Å². The Kier molecular flexibility index (Phi) is 3.18. The predicted octanol–water partition coefficient (Wildman–Crippen LogP) is 0.966. The van der Waals surface area contributed by atoms with Crippen molar-refractivity contribution in [1.82, 2.24) is 9.55 Å². The molecular weight excluding hydrogens is 262 g/mol. The van der Waals surface area contributed by atoms with Crippen molar-refractivity contribution in [3.63, 3.8) is 0 Å². The first-order valence-electron chi connectivity index (χ1n) is 5.47. The molecule has 0 aliphatic rings. The summed E-state index contributed by atoms with van der Waals surface area (Å²) in [5.41, 5.74) is 5.86. The van der Waals surface area contributed by atoms with Crippen LogP contribution in [0.1, 0.15) is 16.1 Å². The van der Waals surface area contributed by atoms with Crippen LogP contribution in [0.25, 0.3) is 11.4 Å². The van der Waals surface area contributed by atoms with Crippen LogP contribution in [0.3, 0.4) is 0 Å². The van der Waals surface area contributed by atoms with Gasteiger partial charge in [0.15, 0.2) is 0 Å². The molecule has 0 radical (unpaired) electrons. The lowest BCUT2D eigenvalue weighted by Crippen LogP contribution is -2.10. The smallest absolute Gasteiger partial charge is 0.366 e. The number of nitriles is 1. The molecule has 1 heterocycles. The molecule has 2 N–H and O–H groups in total. The minimum Gasteiger partial charge on any atom is -0.366 e. The fourth-order valence-electron chi connectivity index (χ4n) is 1.78. The number of carbonyl (C=O) groups excluding carboxylic acids is 1. The first-order valence-corrected chi connectivity index (χ1v) is 5.47. The monoisotopic (exact) mass is 271 g/mol. The Morgan fingerprint density at radius 2 is 2.05 bits per heavy atom. The van der Waals surface area contributed by atoms with E-state index >= 15 is 0 Å². The van der Waals surface area contributed by atoms with E-state index < -0.39 is 16.6 Å². The highest BCUT2D eigenvalue weighted by molar-refractivity contribution is 5.93. The van der Waals surface area contributed by atoms with Crippen molar-refractivity contribution >= 4 is 11.7 Å². The lowest BCUT2D eigenvalue weighted by Gasteiger charge is -1.99. The summed E-state index contributed by atoms with van der Waals surface area (Å²) in [6, 6.07) is 7.86. The molecule has 0 spiro atoms. The van der Waals surface area contributed by atoms with Crippen molar-refractivity contribution in [3.8, 4) is 17.5 Å². The zero-order chi connectivity index (χ0) is 14.9. The molecule has 8 nitrogen and oxygen atoms in total. The number of nitrogens with two attached hydrogens (primary N) is 1. The van der Waals surface area contributed by atoms with Gasteiger partial charge in [-0.1, -0.05) is 0 Å². The number of imidazole rings is 1. The van der Waals surface area contributed by atoms with Gasteiger partial charge < -0.3 is 15.8 Å². The van der Waals surface area contributed by atoms with E-state index in [1.807, 2.05) is 0 Å². The summed E-state index contributed by atoms with van der Waals surface area (Å²) in [7, 11) is 1.51. The Morgan fingerprint density at radius 3 is 2.45 bits per heavy atom. The number of nitro groups is 1. The minimum atomic E-state index is -0.709. The Labute approximate surface area is 113 Å². The quantitative estimate of drug-likeness (QED) is 0.656. The van der Waals surface area contributed by atoms with Crippen LogP contribution in [-0.4, -0.2) is 20.4 Å².